The van der Waals surface area contributed by atoms with E-state index in [0.717, 1.165) is 28.7 Å². The molecule has 1 aliphatic rings. The molecule has 0 unspecified atom stereocenters. The third-order valence-electron chi connectivity index (χ3n) is 6.58. The zero-order valence-electron chi connectivity index (χ0n) is 21.2. The Hall–Kier alpha value is -2.89. The van der Waals surface area contributed by atoms with Crippen LogP contribution in [0, 0.1) is 0 Å². The SMILES string of the molecule is CN1/C(=C/C=C/C=C/c2sc3cc(O)ccc3[n+]2CCC[N+](C)(C)C)C(C)(C)c2ccccc21. The van der Waals surface area contributed by atoms with Crippen molar-refractivity contribution in [1.29, 1.82) is 0 Å². The van der Waals surface area contributed by atoms with Gasteiger partial charge >= 0.3 is 0 Å². The zero-order valence-corrected chi connectivity index (χ0v) is 22.1. The molecule has 0 atom stereocenters. The third kappa shape index (κ3) is 4.96. The third-order valence-corrected chi connectivity index (χ3v) is 7.69. The van der Waals surface area contributed by atoms with Gasteiger partial charge in [-0.2, -0.15) is 4.57 Å². The van der Waals surface area contributed by atoms with Gasteiger partial charge in [-0.05, 0) is 23.8 Å². The molecule has 0 saturated heterocycles. The number of thiazole rings is 1. The fourth-order valence-corrected chi connectivity index (χ4v) is 5.94. The molecule has 0 amide bonds. The van der Waals surface area contributed by atoms with Gasteiger partial charge in [0, 0.05) is 42.1 Å². The second kappa shape index (κ2) is 9.40. The van der Waals surface area contributed by atoms with E-state index in [-0.39, 0.29) is 5.41 Å². The Bertz CT molecular complexity index is 1270. The number of quaternary nitrogens is 1. The maximum atomic E-state index is 9.95. The number of aromatic nitrogens is 1. The Balaban J connectivity index is 1.55. The number of phenols is 1. The van der Waals surface area contributed by atoms with Crippen LogP contribution in [0.1, 0.15) is 30.8 Å². The number of para-hydroxylation sites is 1. The monoisotopic (exact) mass is 475 g/mol. The molecule has 0 aliphatic carbocycles. The average Bonchev–Trinajstić information content (AvgIpc) is 3.19. The van der Waals surface area contributed by atoms with Crippen LogP contribution in [0.5, 0.6) is 5.75 Å². The predicted molar refractivity (Wildman–Crippen MR) is 145 cm³/mol. The molecule has 0 fully saturated rings. The largest absolute Gasteiger partial charge is 0.508 e. The Kier molecular flexibility index (Phi) is 6.70. The first-order valence-electron chi connectivity index (χ1n) is 11.9. The minimum atomic E-state index is -0.0124. The Labute approximate surface area is 208 Å². The number of aryl methyl sites for hydroxylation is 1. The number of nitrogens with zero attached hydrogens (tertiary/aromatic N) is 3. The van der Waals surface area contributed by atoms with Crippen LogP contribution in [0.2, 0.25) is 0 Å². The number of rotatable bonds is 7. The minimum absolute atomic E-state index is 0.0124. The van der Waals surface area contributed by atoms with E-state index in [1.165, 1.54) is 27.5 Å². The van der Waals surface area contributed by atoms with Crippen LogP contribution >= 0.6 is 11.3 Å². The topological polar surface area (TPSA) is 27.3 Å². The van der Waals surface area contributed by atoms with Crippen LogP contribution in [-0.2, 0) is 12.0 Å². The zero-order chi connectivity index (χ0) is 24.5. The van der Waals surface area contributed by atoms with E-state index >= 15 is 0 Å². The van der Waals surface area contributed by atoms with Crippen molar-refractivity contribution in [3.8, 4) is 5.75 Å². The first-order chi connectivity index (χ1) is 16.1. The van der Waals surface area contributed by atoms with Crippen molar-refractivity contribution in [1.82, 2.24) is 0 Å². The van der Waals surface area contributed by atoms with Gasteiger partial charge in [-0.25, -0.2) is 0 Å². The molecule has 0 bridgehead atoms. The Morgan fingerprint density at radius 2 is 1.82 bits per heavy atom. The molecule has 0 spiro atoms. The van der Waals surface area contributed by atoms with E-state index in [2.05, 4.69) is 106 Å². The summed E-state index contributed by atoms with van der Waals surface area (Å²) in [5.41, 5.74) is 5.12. The van der Waals surface area contributed by atoms with Gasteiger partial charge in [-0.15, -0.1) is 0 Å². The lowest BCUT2D eigenvalue weighted by molar-refractivity contribution is -0.873. The molecule has 0 radical (unpaired) electrons. The number of hydrogen-bond donors (Lipinski definition) is 1. The Morgan fingerprint density at radius 3 is 2.56 bits per heavy atom. The summed E-state index contributed by atoms with van der Waals surface area (Å²) in [5.74, 6) is 0.318. The fraction of sp³-hybridized carbons (Fsp3) is 0.345. The van der Waals surface area contributed by atoms with Crippen molar-refractivity contribution in [2.24, 2.45) is 0 Å². The van der Waals surface area contributed by atoms with Crippen LogP contribution in [0.4, 0.5) is 5.69 Å². The Morgan fingerprint density at radius 1 is 1.06 bits per heavy atom. The summed E-state index contributed by atoms with van der Waals surface area (Å²) < 4.78 is 4.45. The second-order valence-corrected chi connectivity index (χ2v) is 11.7. The quantitative estimate of drug-likeness (QED) is 0.263. The highest BCUT2D eigenvalue weighted by Gasteiger charge is 2.37. The lowest BCUT2D eigenvalue weighted by Crippen LogP contribution is -2.40. The van der Waals surface area contributed by atoms with Gasteiger partial charge in [-0.3, -0.25) is 0 Å². The molecule has 4 nitrogen and oxygen atoms in total. The molecular formula is C29H37N3OS+2. The highest BCUT2D eigenvalue weighted by molar-refractivity contribution is 7.18. The summed E-state index contributed by atoms with van der Waals surface area (Å²) >= 11 is 1.72. The second-order valence-electron chi connectivity index (χ2n) is 10.6. The molecule has 1 aliphatic heterocycles. The standard InChI is InChI=1S/C29H36N3OS/c1-29(2)23-13-10-11-14-24(23)30(3)27(29)15-8-7-9-16-28-31(19-12-20-32(4,5)6)25-18-17-22(33)21-26(25)34-28/h7-11,13-18,21H,12,19-20H2,1-6H3/q+1/p+1. The van der Waals surface area contributed by atoms with Crippen molar-refractivity contribution in [3.63, 3.8) is 0 Å². The number of phenolic OH excluding ortho intramolecular Hbond substituents is 1. The molecule has 5 heteroatoms. The van der Waals surface area contributed by atoms with Crippen LogP contribution < -0.4 is 9.47 Å². The van der Waals surface area contributed by atoms with E-state index in [1.54, 1.807) is 17.4 Å². The molecule has 2 aromatic carbocycles. The molecule has 1 N–H and O–H groups in total. The van der Waals surface area contributed by atoms with E-state index in [0.29, 0.717) is 5.75 Å². The summed E-state index contributed by atoms with van der Waals surface area (Å²) in [7, 11) is 8.84. The summed E-state index contributed by atoms with van der Waals surface area (Å²) in [6.45, 7) is 6.66. The van der Waals surface area contributed by atoms with Crippen molar-refractivity contribution in [3.05, 3.63) is 83.0 Å². The number of aromatic hydroxyl groups is 1. The van der Waals surface area contributed by atoms with Gasteiger partial charge in [-0.1, -0.05) is 61.6 Å². The van der Waals surface area contributed by atoms with Gasteiger partial charge in [0.1, 0.15) is 10.4 Å². The van der Waals surface area contributed by atoms with E-state index in [9.17, 15) is 5.11 Å². The number of likely N-dealkylation sites (N-methyl/N-ethyl adjacent to an activating group) is 1. The van der Waals surface area contributed by atoms with Crippen LogP contribution in [0.3, 0.4) is 0 Å². The smallest absolute Gasteiger partial charge is 0.262 e. The van der Waals surface area contributed by atoms with Gasteiger partial charge in [0.2, 0.25) is 5.52 Å². The highest BCUT2D eigenvalue weighted by atomic mass is 32.1. The number of hydrogen-bond acceptors (Lipinski definition) is 3. The molecule has 3 aromatic rings. The number of fused-ring (bicyclic) bond motifs is 2. The van der Waals surface area contributed by atoms with Gasteiger partial charge < -0.3 is 14.5 Å². The number of benzene rings is 2. The van der Waals surface area contributed by atoms with Gasteiger partial charge in [0.25, 0.3) is 5.01 Å². The lowest BCUT2D eigenvalue weighted by atomic mass is 9.84. The normalized spacial score (nSPS) is 17.0. The molecular weight excluding hydrogens is 438 g/mol. The summed E-state index contributed by atoms with van der Waals surface area (Å²) in [6.07, 6.45) is 11.9. The van der Waals surface area contributed by atoms with E-state index < -0.39 is 0 Å². The maximum Gasteiger partial charge on any atom is 0.262 e. The minimum Gasteiger partial charge on any atom is -0.508 e. The summed E-state index contributed by atoms with van der Waals surface area (Å²) in [5, 5.41) is 11.1. The fourth-order valence-electron chi connectivity index (χ4n) is 4.80. The van der Waals surface area contributed by atoms with Crippen LogP contribution in [0.25, 0.3) is 16.3 Å². The molecule has 2 heterocycles. The first-order valence-corrected chi connectivity index (χ1v) is 12.7. The molecule has 4 rings (SSSR count). The lowest BCUT2D eigenvalue weighted by Gasteiger charge is -2.23. The van der Waals surface area contributed by atoms with Gasteiger partial charge in [0.15, 0.2) is 6.54 Å². The van der Waals surface area contributed by atoms with E-state index in [1.807, 2.05) is 12.1 Å². The van der Waals surface area contributed by atoms with E-state index in [4.69, 9.17) is 0 Å². The van der Waals surface area contributed by atoms with Gasteiger partial charge in [0.05, 0.1) is 34.1 Å². The molecule has 178 valence electrons. The van der Waals surface area contributed by atoms with Crippen molar-refractivity contribution in [2.75, 3.05) is 39.6 Å². The molecule has 1 aromatic heterocycles. The first kappa shape index (κ1) is 24.2. The maximum absolute atomic E-state index is 9.95. The molecule has 34 heavy (non-hydrogen) atoms. The molecule has 0 saturated carbocycles. The predicted octanol–water partition coefficient (Wildman–Crippen LogP) is 5.87. The number of allylic oxidation sites excluding steroid dienone is 5. The van der Waals surface area contributed by atoms with Crippen LogP contribution in [-0.4, -0.2) is 44.3 Å². The highest BCUT2D eigenvalue weighted by Crippen LogP contribution is 2.46. The van der Waals surface area contributed by atoms with Crippen molar-refractivity contribution < 1.29 is 14.2 Å². The summed E-state index contributed by atoms with van der Waals surface area (Å²) in [4.78, 5) is 2.30. The number of anilines is 1. The van der Waals surface area contributed by atoms with Crippen LogP contribution in [0.15, 0.2) is 72.5 Å². The summed E-state index contributed by atoms with van der Waals surface area (Å²) in [6, 6.07) is 14.3. The average molecular weight is 476 g/mol. The van der Waals surface area contributed by atoms with Crippen molar-refractivity contribution >= 4 is 33.3 Å². The van der Waals surface area contributed by atoms with Crippen molar-refractivity contribution in [2.45, 2.75) is 32.2 Å².